The molecule has 158 valence electrons. The number of hydrogen-bond acceptors (Lipinski definition) is 8. The van der Waals surface area contributed by atoms with Gasteiger partial charge in [-0.2, -0.15) is 9.97 Å². The van der Waals surface area contributed by atoms with Gasteiger partial charge in [-0.25, -0.2) is 4.98 Å². The Morgan fingerprint density at radius 2 is 1.69 bits per heavy atom. The van der Waals surface area contributed by atoms with Crippen molar-refractivity contribution in [1.82, 2.24) is 19.5 Å². The molecule has 0 radical (unpaired) electrons. The summed E-state index contributed by atoms with van der Waals surface area (Å²) in [5, 5.41) is 0. The third kappa shape index (κ3) is 3.55. The van der Waals surface area contributed by atoms with Gasteiger partial charge in [0.05, 0.1) is 44.8 Å². The summed E-state index contributed by atoms with van der Waals surface area (Å²) in [4.78, 5) is 19.3. The van der Waals surface area contributed by atoms with Crippen LogP contribution in [0.15, 0.2) is 6.33 Å². The quantitative estimate of drug-likeness (QED) is 0.771. The second-order valence-corrected chi connectivity index (χ2v) is 8.23. The minimum Gasteiger partial charge on any atom is -0.377 e. The normalized spacial score (nSPS) is 28.8. The van der Waals surface area contributed by atoms with Crippen LogP contribution in [0.2, 0.25) is 0 Å². The van der Waals surface area contributed by atoms with Gasteiger partial charge in [-0.3, -0.25) is 4.57 Å². The average molecular weight is 402 g/mol. The topological polar surface area (TPSA) is 77.8 Å². The highest BCUT2D eigenvalue weighted by Crippen LogP contribution is 2.32. The van der Waals surface area contributed by atoms with Crippen molar-refractivity contribution in [3.05, 3.63) is 6.33 Å². The van der Waals surface area contributed by atoms with Crippen molar-refractivity contribution < 1.29 is 14.2 Å². The first-order valence-electron chi connectivity index (χ1n) is 10.8. The van der Waals surface area contributed by atoms with Gasteiger partial charge in [-0.15, -0.1) is 0 Å². The summed E-state index contributed by atoms with van der Waals surface area (Å²) in [7, 11) is 0. The molecule has 0 amide bonds. The van der Waals surface area contributed by atoms with E-state index in [-0.39, 0.29) is 18.3 Å². The van der Waals surface area contributed by atoms with E-state index in [0.717, 1.165) is 61.9 Å². The molecule has 3 fully saturated rings. The van der Waals surface area contributed by atoms with Crippen LogP contribution in [0.5, 0.6) is 0 Å². The summed E-state index contributed by atoms with van der Waals surface area (Å²) >= 11 is 0. The predicted molar refractivity (Wildman–Crippen MR) is 109 cm³/mol. The van der Waals surface area contributed by atoms with Gasteiger partial charge in [0.2, 0.25) is 5.95 Å². The van der Waals surface area contributed by atoms with E-state index in [2.05, 4.69) is 28.2 Å². The molecule has 9 nitrogen and oxygen atoms in total. The van der Waals surface area contributed by atoms with Crippen molar-refractivity contribution in [1.29, 1.82) is 0 Å². The van der Waals surface area contributed by atoms with Crippen molar-refractivity contribution >= 4 is 22.9 Å². The molecule has 0 saturated carbocycles. The van der Waals surface area contributed by atoms with E-state index >= 15 is 0 Å². The second-order valence-electron chi connectivity index (χ2n) is 8.23. The van der Waals surface area contributed by atoms with E-state index < -0.39 is 0 Å². The SMILES string of the molecule is CC1COCCN1c1nc(N2CCOCC2C)c2ncn(C3CCCCO3)c2n1. The number of ether oxygens (including phenoxy) is 3. The Morgan fingerprint density at radius 1 is 0.931 bits per heavy atom. The Labute approximate surface area is 171 Å². The van der Waals surface area contributed by atoms with Crippen LogP contribution in [0.25, 0.3) is 11.2 Å². The molecule has 3 aliphatic rings. The number of anilines is 2. The van der Waals surface area contributed by atoms with Crippen molar-refractivity contribution in [2.45, 2.75) is 51.4 Å². The lowest BCUT2D eigenvalue weighted by Crippen LogP contribution is -2.46. The first kappa shape index (κ1) is 19.0. The molecular weight excluding hydrogens is 372 g/mol. The number of imidazole rings is 1. The predicted octanol–water partition coefficient (Wildman–Crippen LogP) is 1.98. The fraction of sp³-hybridized carbons (Fsp3) is 0.750. The molecule has 2 aromatic rings. The minimum atomic E-state index is -0.00595. The molecule has 29 heavy (non-hydrogen) atoms. The number of aromatic nitrogens is 4. The zero-order valence-electron chi connectivity index (χ0n) is 17.3. The number of hydrogen-bond donors (Lipinski definition) is 0. The molecule has 5 heterocycles. The molecule has 0 aromatic carbocycles. The maximum absolute atomic E-state index is 6.04. The minimum absolute atomic E-state index is 0.00595. The summed E-state index contributed by atoms with van der Waals surface area (Å²) < 4.78 is 19.4. The van der Waals surface area contributed by atoms with Gasteiger partial charge in [-0.1, -0.05) is 0 Å². The fourth-order valence-electron chi connectivity index (χ4n) is 4.44. The largest absolute Gasteiger partial charge is 0.377 e. The Bertz CT molecular complexity index is 852. The summed E-state index contributed by atoms with van der Waals surface area (Å²) in [6.07, 6.45) is 5.13. The van der Waals surface area contributed by atoms with Gasteiger partial charge < -0.3 is 24.0 Å². The molecule has 0 spiro atoms. The molecular formula is C20H30N6O3. The van der Waals surface area contributed by atoms with Gasteiger partial charge >= 0.3 is 0 Å². The molecule has 9 heteroatoms. The zero-order valence-corrected chi connectivity index (χ0v) is 17.3. The smallest absolute Gasteiger partial charge is 0.229 e. The van der Waals surface area contributed by atoms with E-state index in [1.54, 1.807) is 0 Å². The van der Waals surface area contributed by atoms with E-state index in [1.807, 2.05) is 6.33 Å². The molecule has 3 atom stereocenters. The highest BCUT2D eigenvalue weighted by molar-refractivity contribution is 5.85. The van der Waals surface area contributed by atoms with Gasteiger partial charge in [0.1, 0.15) is 6.23 Å². The van der Waals surface area contributed by atoms with Crippen molar-refractivity contribution in [3.63, 3.8) is 0 Å². The molecule has 3 saturated heterocycles. The molecule has 0 aliphatic carbocycles. The summed E-state index contributed by atoms with van der Waals surface area (Å²) in [5.41, 5.74) is 1.70. The van der Waals surface area contributed by atoms with Gasteiger partial charge in [0.15, 0.2) is 17.0 Å². The van der Waals surface area contributed by atoms with Crippen molar-refractivity contribution in [3.8, 4) is 0 Å². The molecule has 3 aliphatic heterocycles. The van der Waals surface area contributed by atoms with Crippen LogP contribution in [0.4, 0.5) is 11.8 Å². The standard InChI is InChI=1S/C20H30N6O3/c1-14-11-27-9-6-24(14)18-17-19(26(13-21-17)16-5-3-4-8-29-16)23-20(22-18)25-7-10-28-12-15(25)2/h13-16H,3-12H2,1-2H3. The van der Waals surface area contributed by atoms with Crippen LogP contribution in [-0.2, 0) is 14.2 Å². The molecule has 3 unspecified atom stereocenters. The number of rotatable bonds is 3. The first-order valence-corrected chi connectivity index (χ1v) is 10.8. The average Bonchev–Trinajstić information content (AvgIpc) is 3.19. The summed E-state index contributed by atoms with van der Waals surface area (Å²) in [5.74, 6) is 1.65. The van der Waals surface area contributed by atoms with Gasteiger partial charge in [0.25, 0.3) is 0 Å². The highest BCUT2D eigenvalue weighted by Gasteiger charge is 2.30. The molecule has 5 rings (SSSR count). The van der Waals surface area contributed by atoms with Crippen LogP contribution in [0, 0.1) is 0 Å². The lowest BCUT2D eigenvalue weighted by Gasteiger charge is -2.36. The first-order chi connectivity index (χ1) is 14.2. The zero-order chi connectivity index (χ0) is 19.8. The summed E-state index contributed by atoms with van der Waals surface area (Å²) in [6, 6.07) is 0.478. The molecule has 0 N–H and O–H groups in total. The maximum atomic E-state index is 6.04. The van der Waals surface area contributed by atoms with Crippen LogP contribution in [0.3, 0.4) is 0 Å². The third-order valence-corrected chi connectivity index (χ3v) is 6.12. The summed E-state index contributed by atoms with van der Waals surface area (Å²) in [6.45, 7) is 9.49. The highest BCUT2D eigenvalue weighted by atomic mass is 16.5. The van der Waals surface area contributed by atoms with Crippen molar-refractivity contribution in [2.75, 3.05) is 55.9 Å². The lowest BCUT2D eigenvalue weighted by molar-refractivity contribution is -0.0298. The lowest BCUT2D eigenvalue weighted by atomic mass is 10.2. The van der Waals surface area contributed by atoms with Crippen molar-refractivity contribution in [2.24, 2.45) is 0 Å². The van der Waals surface area contributed by atoms with E-state index in [1.165, 1.54) is 0 Å². The Hall–Kier alpha value is -1.97. The Morgan fingerprint density at radius 3 is 2.38 bits per heavy atom. The van der Waals surface area contributed by atoms with Gasteiger partial charge in [0, 0.05) is 19.7 Å². The van der Waals surface area contributed by atoms with E-state index in [0.29, 0.717) is 26.4 Å². The number of nitrogens with zero attached hydrogens (tertiary/aromatic N) is 6. The molecule has 2 aromatic heterocycles. The Kier molecular flexibility index (Phi) is 5.28. The molecule has 0 bridgehead atoms. The van der Waals surface area contributed by atoms with Gasteiger partial charge in [-0.05, 0) is 33.1 Å². The Balaban J connectivity index is 1.62. The van der Waals surface area contributed by atoms with E-state index in [9.17, 15) is 0 Å². The van der Waals surface area contributed by atoms with Crippen LogP contribution in [0.1, 0.15) is 39.3 Å². The van der Waals surface area contributed by atoms with Crippen LogP contribution < -0.4 is 9.80 Å². The number of fused-ring (bicyclic) bond motifs is 1. The third-order valence-electron chi connectivity index (χ3n) is 6.12. The van der Waals surface area contributed by atoms with E-state index in [4.69, 9.17) is 29.2 Å². The number of morpholine rings is 2. The second kappa shape index (κ2) is 8.04. The van der Waals surface area contributed by atoms with Crippen LogP contribution in [-0.4, -0.2) is 77.7 Å². The monoisotopic (exact) mass is 402 g/mol. The fourth-order valence-corrected chi connectivity index (χ4v) is 4.44. The van der Waals surface area contributed by atoms with Crippen LogP contribution >= 0.6 is 0 Å². The maximum Gasteiger partial charge on any atom is 0.229 e.